The van der Waals surface area contributed by atoms with Gasteiger partial charge in [-0.15, -0.1) is 5.10 Å². The summed E-state index contributed by atoms with van der Waals surface area (Å²) in [4.78, 5) is 16.2. The second-order valence-corrected chi connectivity index (χ2v) is 5.09. The molecule has 0 fully saturated rings. The van der Waals surface area contributed by atoms with Crippen LogP contribution in [-0.4, -0.2) is 25.9 Å². The molecule has 0 bridgehead atoms. The molecule has 0 atom stereocenters. The summed E-state index contributed by atoms with van der Waals surface area (Å²) in [5.74, 6) is 0.959. The summed E-state index contributed by atoms with van der Waals surface area (Å²) in [6.07, 6.45) is 3.94. The zero-order valence-corrected chi connectivity index (χ0v) is 13.0. The minimum Gasteiger partial charge on any atom is -0.444 e. The van der Waals surface area contributed by atoms with Gasteiger partial charge in [-0.2, -0.15) is 0 Å². The maximum atomic E-state index is 12.1. The topological polar surface area (TPSA) is 85.8 Å². The van der Waals surface area contributed by atoms with E-state index in [-0.39, 0.29) is 18.1 Å². The molecule has 3 aromatic rings. The summed E-state index contributed by atoms with van der Waals surface area (Å²) in [7, 11) is 0. The summed E-state index contributed by atoms with van der Waals surface area (Å²) in [6, 6.07) is 7.77. The molecular formula is C16H17N5O2. The largest absolute Gasteiger partial charge is 0.444 e. The number of amides is 1. The van der Waals surface area contributed by atoms with Crippen LogP contribution in [0.25, 0.3) is 5.69 Å². The molecule has 0 spiro atoms. The molecule has 0 unspecified atom stereocenters. The first-order chi connectivity index (χ1) is 11.2. The molecular weight excluding hydrogens is 294 g/mol. The van der Waals surface area contributed by atoms with E-state index in [0.717, 1.165) is 17.7 Å². The highest BCUT2D eigenvalue weighted by atomic mass is 16.4. The number of aryl methyl sites for hydroxylation is 2. The molecule has 23 heavy (non-hydrogen) atoms. The molecule has 3 rings (SSSR count). The van der Waals surface area contributed by atoms with Gasteiger partial charge in [0.05, 0.1) is 24.6 Å². The zero-order chi connectivity index (χ0) is 16.2. The number of aromatic nitrogens is 4. The first-order valence-corrected chi connectivity index (χ1v) is 7.37. The van der Waals surface area contributed by atoms with Gasteiger partial charge in [-0.05, 0) is 18.6 Å². The molecule has 0 aliphatic heterocycles. The second-order valence-electron chi connectivity index (χ2n) is 5.09. The van der Waals surface area contributed by atoms with Crippen LogP contribution in [0.4, 0.5) is 0 Å². The molecule has 118 valence electrons. The van der Waals surface area contributed by atoms with Gasteiger partial charge in [-0.3, -0.25) is 4.79 Å². The molecule has 7 nitrogen and oxygen atoms in total. The molecule has 0 radical (unpaired) electrons. The number of benzene rings is 1. The number of carbonyl (C=O) groups is 1. The van der Waals surface area contributed by atoms with E-state index in [1.807, 2.05) is 38.1 Å². The number of rotatable bonds is 5. The monoisotopic (exact) mass is 311 g/mol. The third-order valence-corrected chi connectivity index (χ3v) is 3.42. The van der Waals surface area contributed by atoms with Crippen molar-refractivity contribution in [2.24, 2.45) is 0 Å². The number of para-hydroxylation sites is 1. The molecule has 1 aromatic carbocycles. The van der Waals surface area contributed by atoms with Crippen molar-refractivity contribution in [3.05, 3.63) is 59.6 Å². The highest BCUT2D eigenvalue weighted by Crippen LogP contribution is 2.12. The lowest BCUT2D eigenvalue weighted by Gasteiger charge is -2.03. The molecule has 2 heterocycles. The van der Waals surface area contributed by atoms with E-state index in [4.69, 9.17) is 4.42 Å². The Morgan fingerprint density at radius 1 is 1.35 bits per heavy atom. The van der Waals surface area contributed by atoms with E-state index in [1.54, 1.807) is 17.1 Å². The maximum Gasteiger partial charge on any atom is 0.273 e. The lowest BCUT2D eigenvalue weighted by Crippen LogP contribution is -2.22. The fraction of sp³-hybridized carbons (Fsp3) is 0.250. The molecule has 7 heteroatoms. The summed E-state index contributed by atoms with van der Waals surface area (Å²) < 4.78 is 7.03. The Morgan fingerprint density at radius 2 is 2.17 bits per heavy atom. The number of nitrogens with one attached hydrogen (secondary N) is 1. The Morgan fingerprint density at radius 3 is 2.91 bits per heavy atom. The number of hydrogen-bond donors (Lipinski definition) is 1. The quantitative estimate of drug-likeness (QED) is 0.779. The molecule has 0 aliphatic carbocycles. The van der Waals surface area contributed by atoms with E-state index >= 15 is 0 Å². The molecule has 1 amide bonds. The van der Waals surface area contributed by atoms with Crippen molar-refractivity contribution in [2.45, 2.75) is 26.8 Å². The van der Waals surface area contributed by atoms with Crippen molar-refractivity contribution in [1.29, 1.82) is 0 Å². The van der Waals surface area contributed by atoms with Gasteiger partial charge in [0.2, 0.25) is 0 Å². The van der Waals surface area contributed by atoms with Crippen molar-refractivity contribution in [3.63, 3.8) is 0 Å². The van der Waals surface area contributed by atoms with Crippen LogP contribution in [0, 0.1) is 6.92 Å². The van der Waals surface area contributed by atoms with Crippen LogP contribution in [0.5, 0.6) is 0 Å². The van der Waals surface area contributed by atoms with Crippen LogP contribution in [-0.2, 0) is 13.0 Å². The van der Waals surface area contributed by atoms with Crippen molar-refractivity contribution in [2.75, 3.05) is 0 Å². The summed E-state index contributed by atoms with van der Waals surface area (Å²) in [5.41, 5.74) is 2.20. The first kappa shape index (κ1) is 15.0. The highest BCUT2D eigenvalue weighted by molar-refractivity contribution is 5.91. The van der Waals surface area contributed by atoms with Gasteiger partial charge in [0.15, 0.2) is 11.6 Å². The molecule has 0 saturated heterocycles. The van der Waals surface area contributed by atoms with E-state index in [0.29, 0.717) is 11.7 Å². The van der Waals surface area contributed by atoms with E-state index in [9.17, 15) is 4.79 Å². The summed E-state index contributed by atoms with van der Waals surface area (Å²) >= 11 is 0. The standard InChI is InChI=1S/C16H17N5O2/c1-3-15-17-8-12(23-15)9-18-16(22)13-10-21(20-19-13)14-7-5-4-6-11(14)2/h4-8,10H,3,9H2,1-2H3,(H,18,22). The van der Waals surface area contributed by atoms with Crippen molar-refractivity contribution >= 4 is 5.91 Å². The van der Waals surface area contributed by atoms with E-state index in [2.05, 4.69) is 20.6 Å². The van der Waals surface area contributed by atoms with Gasteiger partial charge in [0.1, 0.15) is 5.76 Å². The minimum absolute atomic E-state index is 0.253. The lowest BCUT2D eigenvalue weighted by atomic mass is 10.2. The van der Waals surface area contributed by atoms with Crippen molar-refractivity contribution < 1.29 is 9.21 Å². The summed E-state index contributed by atoms with van der Waals surface area (Å²) in [5, 5.41) is 10.7. The molecule has 0 saturated carbocycles. The average molecular weight is 311 g/mol. The minimum atomic E-state index is -0.306. The number of carbonyl (C=O) groups excluding carboxylic acids is 1. The Hall–Kier alpha value is -2.96. The number of nitrogens with zero attached hydrogens (tertiary/aromatic N) is 4. The second kappa shape index (κ2) is 6.43. The molecule has 2 aromatic heterocycles. The first-order valence-electron chi connectivity index (χ1n) is 7.37. The predicted octanol–water partition coefficient (Wildman–Crippen LogP) is 2.06. The van der Waals surface area contributed by atoms with Crippen LogP contribution < -0.4 is 5.32 Å². The lowest BCUT2D eigenvalue weighted by molar-refractivity contribution is 0.0942. The maximum absolute atomic E-state index is 12.1. The smallest absolute Gasteiger partial charge is 0.273 e. The average Bonchev–Trinajstić information content (AvgIpc) is 3.22. The fourth-order valence-corrected chi connectivity index (χ4v) is 2.16. The van der Waals surface area contributed by atoms with Crippen LogP contribution in [0.15, 0.2) is 41.1 Å². The third kappa shape index (κ3) is 3.28. The van der Waals surface area contributed by atoms with Gasteiger partial charge >= 0.3 is 0 Å². The Balaban J connectivity index is 1.68. The van der Waals surface area contributed by atoms with E-state index in [1.165, 1.54) is 0 Å². The Bertz CT molecular complexity index is 821. The third-order valence-electron chi connectivity index (χ3n) is 3.42. The SMILES string of the molecule is CCc1ncc(CNC(=O)c2cn(-c3ccccc3C)nn2)o1. The zero-order valence-electron chi connectivity index (χ0n) is 13.0. The highest BCUT2D eigenvalue weighted by Gasteiger charge is 2.13. The molecule has 0 aliphatic rings. The van der Waals surface area contributed by atoms with Gasteiger partial charge < -0.3 is 9.73 Å². The fourth-order valence-electron chi connectivity index (χ4n) is 2.16. The van der Waals surface area contributed by atoms with Crippen LogP contribution in [0.1, 0.15) is 34.6 Å². The van der Waals surface area contributed by atoms with Gasteiger partial charge in [0.25, 0.3) is 5.91 Å². The Labute approximate surface area is 133 Å². The van der Waals surface area contributed by atoms with Crippen molar-refractivity contribution in [1.82, 2.24) is 25.3 Å². The van der Waals surface area contributed by atoms with Gasteiger partial charge in [-0.25, -0.2) is 9.67 Å². The van der Waals surface area contributed by atoms with Crippen LogP contribution in [0.2, 0.25) is 0 Å². The number of hydrogen-bond acceptors (Lipinski definition) is 5. The normalized spacial score (nSPS) is 10.7. The summed E-state index contributed by atoms with van der Waals surface area (Å²) in [6.45, 7) is 4.20. The van der Waals surface area contributed by atoms with Crippen molar-refractivity contribution in [3.8, 4) is 5.69 Å². The van der Waals surface area contributed by atoms with Crippen LogP contribution >= 0.6 is 0 Å². The molecule has 1 N–H and O–H groups in total. The number of oxazole rings is 1. The van der Waals surface area contributed by atoms with E-state index < -0.39 is 0 Å². The Kier molecular flexibility index (Phi) is 4.18. The van der Waals surface area contributed by atoms with Gasteiger partial charge in [-0.1, -0.05) is 30.3 Å². The predicted molar refractivity (Wildman–Crippen MR) is 83.1 cm³/mol. The van der Waals surface area contributed by atoms with Crippen LogP contribution in [0.3, 0.4) is 0 Å². The van der Waals surface area contributed by atoms with Gasteiger partial charge in [0, 0.05) is 6.42 Å².